The Labute approximate surface area is 447 Å². The molecule has 0 spiro atoms. The second kappa shape index (κ2) is 27.4. The number of benzene rings is 4. The van der Waals surface area contributed by atoms with Gasteiger partial charge in [0.25, 0.3) is 11.4 Å². The van der Waals surface area contributed by atoms with Crippen molar-refractivity contribution in [1.82, 2.24) is 19.2 Å². The molecule has 76 heavy (non-hydrogen) atoms. The number of nitro benzene ring substituents is 2. The van der Waals surface area contributed by atoms with Gasteiger partial charge in [0.2, 0.25) is 0 Å². The number of aromatic nitrogens is 3. The Morgan fingerprint density at radius 3 is 1.84 bits per heavy atom. The lowest BCUT2D eigenvalue weighted by atomic mass is 9.98. The van der Waals surface area contributed by atoms with Crippen molar-refractivity contribution in [3.63, 3.8) is 0 Å². The van der Waals surface area contributed by atoms with Gasteiger partial charge >= 0.3 is 0 Å². The number of aryl methyl sites for hydroxylation is 3. The summed E-state index contributed by atoms with van der Waals surface area (Å²) in [6.45, 7) is 18.5. The Hall–Kier alpha value is -7.47. The van der Waals surface area contributed by atoms with Crippen LogP contribution in [0.5, 0.6) is 0 Å². The summed E-state index contributed by atoms with van der Waals surface area (Å²) in [5.74, 6) is -0.462. The highest BCUT2D eigenvalue weighted by atomic mass is 32.2. The van der Waals surface area contributed by atoms with Crippen LogP contribution in [0.25, 0.3) is 0 Å². The fraction of sp³-hybridized carbons (Fsp3) is 0.339. The summed E-state index contributed by atoms with van der Waals surface area (Å²) < 4.78 is 34.4. The van der Waals surface area contributed by atoms with Crippen LogP contribution in [0.15, 0.2) is 134 Å². The lowest BCUT2D eigenvalue weighted by molar-refractivity contribution is -0.385. The predicted molar refractivity (Wildman–Crippen MR) is 296 cm³/mol. The van der Waals surface area contributed by atoms with Crippen LogP contribution in [0, 0.1) is 33.0 Å². The third-order valence-electron chi connectivity index (χ3n) is 12.6. The Kier molecular flexibility index (Phi) is 20.8. The molecule has 0 saturated heterocycles. The van der Waals surface area contributed by atoms with E-state index in [9.17, 15) is 38.4 Å². The molecule has 400 valence electrons. The highest BCUT2D eigenvalue weighted by molar-refractivity contribution is 7.85. The molecule has 0 fully saturated rings. The molecule has 0 aliphatic carbocycles. The maximum atomic E-state index is 13.9. The zero-order chi connectivity index (χ0) is 55.1. The maximum absolute atomic E-state index is 13.9. The average Bonchev–Trinajstić information content (AvgIpc) is 3.94. The lowest BCUT2D eigenvalue weighted by Gasteiger charge is -2.24. The largest absolute Gasteiger partial charge is 0.342 e. The van der Waals surface area contributed by atoms with Crippen molar-refractivity contribution in [2.45, 2.75) is 124 Å². The molecule has 7 rings (SSSR count). The molecule has 0 aliphatic heterocycles. The number of anilines is 1. The Bertz CT molecular complexity index is 3120. The van der Waals surface area contributed by atoms with Crippen molar-refractivity contribution in [2.24, 2.45) is 0 Å². The molecule has 0 saturated carbocycles. The highest BCUT2D eigenvalue weighted by Crippen LogP contribution is 2.31. The number of halogens is 1. The second-order valence-electron chi connectivity index (χ2n) is 19.6. The molecule has 0 bridgehead atoms. The van der Waals surface area contributed by atoms with Crippen LogP contribution < -0.4 is 4.72 Å². The minimum atomic E-state index is -1.40. The zero-order valence-corrected chi connectivity index (χ0v) is 45.3. The number of rotatable bonds is 25. The summed E-state index contributed by atoms with van der Waals surface area (Å²) in [6, 6.07) is 35.3. The molecule has 1 N–H and O–H groups in total. The van der Waals surface area contributed by atoms with Gasteiger partial charge in [0.05, 0.1) is 34.3 Å². The Morgan fingerprint density at radius 1 is 0.697 bits per heavy atom. The van der Waals surface area contributed by atoms with Crippen LogP contribution in [-0.4, -0.2) is 57.5 Å². The second-order valence-corrected chi connectivity index (χ2v) is 20.8. The SMILES string of the molecule is CCN(Cc1cc(C(=O)CCc2cc(F)cc([N+](=O)[O-])c2)c(C(C)C)n1Cc1cccnc1)OC(C)C.Cc1ccc(NS(=O)Cc2cc(C(=O)CCc3cccc([N+](=O)[O-])c3)c(C(C)C)n2Cc2ccccc2)cc1. The van der Waals surface area contributed by atoms with Crippen LogP contribution in [0.2, 0.25) is 0 Å². The number of nitrogens with one attached hydrogen (secondary N) is 1. The van der Waals surface area contributed by atoms with Crippen LogP contribution in [0.3, 0.4) is 0 Å². The predicted octanol–water partition coefficient (Wildman–Crippen LogP) is 13.0. The van der Waals surface area contributed by atoms with Gasteiger partial charge in [0.15, 0.2) is 11.6 Å². The Morgan fingerprint density at radius 2 is 1.26 bits per heavy atom. The quantitative estimate of drug-likeness (QED) is 0.0328. The number of hydrogen-bond acceptors (Lipinski definition) is 10. The lowest BCUT2D eigenvalue weighted by Crippen LogP contribution is -2.28. The van der Waals surface area contributed by atoms with Crippen LogP contribution in [0.1, 0.15) is 144 Å². The van der Waals surface area contributed by atoms with Crippen LogP contribution >= 0.6 is 0 Å². The fourth-order valence-electron chi connectivity index (χ4n) is 9.11. The first-order valence-corrected chi connectivity index (χ1v) is 26.9. The van der Waals surface area contributed by atoms with Crippen LogP contribution in [0.4, 0.5) is 21.5 Å². The fourth-order valence-corrected chi connectivity index (χ4v) is 10.1. The van der Waals surface area contributed by atoms with E-state index in [4.69, 9.17) is 4.84 Å². The van der Waals surface area contributed by atoms with Gasteiger partial charge in [-0.2, -0.15) is 5.06 Å². The molecular formula is C59H68FN7O8S. The van der Waals surface area contributed by atoms with Crippen molar-refractivity contribution < 1.29 is 32.9 Å². The van der Waals surface area contributed by atoms with E-state index in [1.807, 2.05) is 132 Å². The molecule has 0 amide bonds. The maximum Gasteiger partial charge on any atom is 0.272 e. The molecule has 4 aromatic carbocycles. The molecule has 15 nitrogen and oxygen atoms in total. The van der Waals surface area contributed by atoms with E-state index < -0.39 is 26.6 Å². The summed E-state index contributed by atoms with van der Waals surface area (Å²) in [6.07, 6.45) is 4.49. The van der Waals surface area contributed by atoms with Crippen molar-refractivity contribution in [1.29, 1.82) is 0 Å². The molecule has 7 aromatic rings. The first-order chi connectivity index (χ1) is 36.3. The Balaban J connectivity index is 0.000000247. The monoisotopic (exact) mass is 1050 g/mol. The molecule has 1 unspecified atom stereocenters. The number of pyridine rings is 1. The number of hydroxylamine groups is 2. The first kappa shape index (κ1) is 57.8. The molecule has 0 aliphatic rings. The summed E-state index contributed by atoms with van der Waals surface area (Å²) in [7, 11) is -1.40. The number of carbonyl (C=O) groups is 2. The van der Waals surface area contributed by atoms with Gasteiger partial charge in [-0.1, -0.05) is 101 Å². The number of nitrogens with zero attached hydrogens (tertiary/aromatic N) is 6. The van der Waals surface area contributed by atoms with E-state index in [2.05, 4.69) is 32.7 Å². The highest BCUT2D eigenvalue weighted by Gasteiger charge is 2.26. The van der Waals surface area contributed by atoms with Gasteiger partial charge in [-0.15, -0.1) is 0 Å². The van der Waals surface area contributed by atoms with E-state index in [1.165, 1.54) is 24.3 Å². The standard InChI is InChI=1S/C31H33N3O4S.C28H35FN4O4/c1-22(2)31-29(30(35)17-14-24-10-7-11-27(18-24)34(36)37)19-28(33(31)20-25-8-5-4-6-9-25)21-39(38)32-26-15-12-23(3)13-16-26;1-6-31(37-20(4)5)18-25-15-26(28(19(2)3)32(25)17-22-8-7-11-30-16-22)27(34)10-9-21-12-23(29)14-24(13-21)33(35)36/h4-13,15-16,18-19,22,32H,14,17,20-21H2,1-3H3;7-8,11-16,19-20H,6,9-10,17-18H2,1-5H3. The number of ketones is 2. The number of carbonyl (C=O) groups excluding carboxylic acids is 2. The average molecular weight is 1050 g/mol. The van der Waals surface area contributed by atoms with Crippen molar-refractivity contribution in [3.8, 4) is 0 Å². The van der Waals surface area contributed by atoms with Gasteiger partial charge in [-0.05, 0) is 104 Å². The molecule has 1 atom stereocenters. The summed E-state index contributed by atoms with van der Waals surface area (Å²) in [4.78, 5) is 58.4. The molecule has 17 heteroatoms. The van der Waals surface area contributed by atoms with Gasteiger partial charge in [-0.25, -0.2) is 8.60 Å². The third kappa shape index (κ3) is 16.3. The summed E-state index contributed by atoms with van der Waals surface area (Å²) in [5, 5.41) is 24.1. The van der Waals surface area contributed by atoms with Crippen molar-refractivity contribution >= 4 is 39.6 Å². The van der Waals surface area contributed by atoms with E-state index in [0.29, 0.717) is 49.3 Å². The smallest absolute Gasteiger partial charge is 0.272 e. The third-order valence-corrected chi connectivity index (χ3v) is 13.6. The van der Waals surface area contributed by atoms with Crippen LogP contribution in [-0.2, 0) is 54.1 Å². The summed E-state index contributed by atoms with van der Waals surface area (Å²) >= 11 is 0. The number of non-ortho nitro benzene ring substituents is 2. The minimum absolute atomic E-state index is 0.0164. The van der Waals surface area contributed by atoms with Crippen molar-refractivity contribution in [3.05, 3.63) is 221 Å². The van der Waals surface area contributed by atoms with E-state index in [0.717, 1.165) is 56.8 Å². The van der Waals surface area contributed by atoms with Gasteiger partial charge < -0.3 is 13.9 Å². The van der Waals surface area contributed by atoms with Gasteiger partial charge in [-0.3, -0.25) is 39.6 Å². The van der Waals surface area contributed by atoms with E-state index in [1.54, 1.807) is 18.3 Å². The molecule has 0 radical (unpaired) electrons. The first-order valence-electron chi connectivity index (χ1n) is 25.5. The number of nitro groups is 2. The molecule has 3 aromatic heterocycles. The normalized spacial score (nSPS) is 11.8. The molecular weight excluding hydrogens is 986 g/mol. The zero-order valence-electron chi connectivity index (χ0n) is 44.5. The topological polar surface area (TPSA) is 185 Å². The number of Topliss-reactive ketones (excluding diaryl/α,β-unsaturated/α-hetero) is 2. The van der Waals surface area contributed by atoms with E-state index >= 15 is 0 Å². The van der Waals surface area contributed by atoms with Gasteiger partial charge in [0.1, 0.15) is 16.8 Å². The number of hydrogen-bond donors (Lipinski definition) is 1. The van der Waals surface area contributed by atoms with Gasteiger partial charge in [0, 0.05) is 103 Å². The summed E-state index contributed by atoms with van der Waals surface area (Å²) in [5.41, 5.74) is 9.68. The minimum Gasteiger partial charge on any atom is -0.342 e. The van der Waals surface area contributed by atoms with Crippen molar-refractivity contribution in [2.75, 3.05) is 11.3 Å². The van der Waals surface area contributed by atoms with E-state index in [-0.39, 0.29) is 65.9 Å². The molecule has 3 heterocycles.